The number of nitrogens with two attached hydrogens (primary N) is 1. The van der Waals surface area contributed by atoms with Gasteiger partial charge in [0.1, 0.15) is 17.5 Å². The van der Waals surface area contributed by atoms with Crippen molar-refractivity contribution < 1.29 is 22.7 Å². The topological polar surface area (TPSA) is 126 Å². The third kappa shape index (κ3) is 5.96. The quantitative estimate of drug-likeness (QED) is 0.212. The first-order chi connectivity index (χ1) is 21.6. The second kappa shape index (κ2) is 12.3. The monoisotopic (exact) mass is 628 g/mol. The van der Waals surface area contributed by atoms with E-state index >= 15 is 0 Å². The largest absolute Gasteiger partial charge is 0.457 e. The Labute approximate surface area is 264 Å². The molecular formula is C35H40N4O5S. The number of nitrogens with one attached hydrogen (secondary N) is 1. The number of imide groups is 1. The Morgan fingerprint density at radius 3 is 2.47 bits per heavy atom. The van der Waals surface area contributed by atoms with Gasteiger partial charge in [-0.25, -0.2) is 17.5 Å². The van der Waals surface area contributed by atoms with Crippen LogP contribution in [0, 0.1) is 32.6 Å². The zero-order chi connectivity index (χ0) is 31.9. The smallest absolute Gasteiger partial charge is 0.341 e. The van der Waals surface area contributed by atoms with E-state index in [1.54, 1.807) is 19.2 Å². The van der Waals surface area contributed by atoms with E-state index in [0.29, 0.717) is 29.5 Å². The van der Waals surface area contributed by atoms with E-state index in [-0.39, 0.29) is 23.8 Å². The summed E-state index contributed by atoms with van der Waals surface area (Å²) in [5, 5.41) is 0.885. The number of rotatable bonds is 9. The highest BCUT2D eigenvalue weighted by Crippen LogP contribution is 2.36. The minimum absolute atomic E-state index is 0.0629. The van der Waals surface area contributed by atoms with Crippen LogP contribution < -0.4 is 10.5 Å². The Morgan fingerprint density at radius 1 is 0.933 bits per heavy atom. The van der Waals surface area contributed by atoms with Gasteiger partial charge in [-0.15, -0.1) is 0 Å². The van der Waals surface area contributed by atoms with Gasteiger partial charge in [-0.1, -0.05) is 30.7 Å². The lowest BCUT2D eigenvalue weighted by atomic mass is 9.81. The highest BCUT2D eigenvalue weighted by molar-refractivity contribution is 7.89. The molecule has 3 amide bonds. The van der Waals surface area contributed by atoms with Gasteiger partial charge in [0.05, 0.1) is 4.90 Å². The zero-order valence-corrected chi connectivity index (χ0v) is 26.8. The molecular weight excluding hydrogens is 588 g/mol. The normalized spacial score (nSPS) is 20.8. The summed E-state index contributed by atoms with van der Waals surface area (Å²) in [6, 6.07) is 15.9. The van der Waals surface area contributed by atoms with Crippen LogP contribution >= 0.6 is 0 Å². The Bertz CT molecular complexity index is 1870. The number of ether oxygens (including phenoxy) is 1. The number of hydrogen-bond acceptors (Lipinski definition) is 6. The van der Waals surface area contributed by atoms with E-state index in [4.69, 9.17) is 10.5 Å². The summed E-state index contributed by atoms with van der Waals surface area (Å²) in [6.45, 7) is 6.53. The lowest BCUT2D eigenvalue weighted by molar-refractivity contribution is -0.128. The van der Waals surface area contributed by atoms with E-state index in [9.17, 15) is 18.0 Å². The first-order valence-electron chi connectivity index (χ1n) is 15.6. The first kappa shape index (κ1) is 30.9. The van der Waals surface area contributed by atoms with Crippen molar-refractivity contribution in [3.63, 3.8) is 0 Å². The Hall–Kier alpha value is -4.15. The maximum atomic E-state index is 14.3. The summed E-state index contributed by atoms with van der Waals surface area (Å²) in [4.78, 5) is 32.3. The molecule has 1 aliphatic heterocycles. The average Bonchev–Trinajstić information content (AvgIpc) is 3.54. The Morgan fingerprint density at radius 2 is 1.71 bits per heavy atom. The molecule has 0 spiro atoms. The molecule has 9 nitrogen and oxygen atoms in total. The van der Waals surface area contributed by atoms with Crippen LogP contribution in [0.1, 0.15) is 47.9 Å². The third-order valence-electron chi connectivity index (χ3n) is 9.42. The van der Waals surface area contributed by atoms with Crippen molar-refractivity contribution in [2.75, 3.05) is 13.1 Å². The predicted octanol–water partition coefficient (Wildman–Crippen LogP) is 6.21. The number of para-hydroxylation sites is 1. The molecule has 2 aliphatic rings. The van der Waals surface area contributed by atoms with E-state index in [2.05, 4.69) is 4.98 Å². The van der Waals surface area contributed by atoms with Gasteiger partial charge in [0, 0.05) is 30.1 Å². The predicted molar refractivity (Wildman–Crippen MR) is 174 cm³/mol. The van der Waals surface area contributed by atoms with Gasteiger partial charge in [0.2, 0.25) is 0 Å². The molecule has 236 valence electrons. The molecule has 3 N–H and O–H groups in total. The number of amides is 3. The standard InChI is InChI=1S/C35H40N4O5S/c1-22-11-12-28(15-23(22)2)44-33-14-13-29(16-24(33)3)45(42,43)39-32(18-27-20-37-31-10-5-4-9-30(27)31)34(40)38(35(39)41)21-26-8-6-7-25(17-26)19-36/h4-5,9-16,20,25-26,32,37H,6-8,17-19,21,36H2,1-3H3. The molecule has 0 bridgehead atoms. The number of aromatic amines is 1. The fourth-order valence-corrected chi connectivity index (χ4v) is 8.30. The van der Waals surface area contributed by atoms with Gasteiger partial charge in [0.25, 0.3) is 15.9 Å². The Balaban J connectivity index is 1.33. The molecule has 2 heterocycles. The minimum atomic E-state index is -4.40. The molecule has 45 heavy (non-hydrogen) atoms. The van der Waals surface area contributed by atoms with Crippen molar-refractivity contribution in [3.05, 3.63) is 89.1 Å². The number of H-pyrrole nitrogens is 1. The zero-order valence-electron chi connectivity index (χ0n) is 26.0. The molecule has 2 fully saturated rings. The molecule has 1 aliphatic carbocycles. The van der Waals surface area contributed by atoms with Gasteiger partial charge in [-0.3, -0.25) is 9.69 Å². The second-order valence-corrected chi connectivity index (χ2v) is 14.3. The number of carbonyl (C=O) groups is 2. The number of sulfonamides is 1. The molecule has 3 aromatic carbocycles. The van der Waals surface area contributed by atoms with Crippen LogP contribution in [0.3, 0.4) is 0 Å². The van der Waals surface area contributed by atoms with Crippen molar-refractivity contribution in [2.45, 2.75) is 63.8 Å². The molecule has 4 aromatic rings. The average molecular weight is 629 g/mol. The number of carbonyl (C=O) groups excluding carboxylic acids is 2. The first-order valence-corrected chi connectivity index (χ1v) is 17.0. The summed E-state index contributed by atoms with van der Waals surface area (Å²) in [5.74, 6) is 1.08. The highest BCUT2D eigenvalue weighted by atomic mass is 32.2. The molecule has 6 rings (SSSR count). The highest BCUT2D eigenvalue weighted by Gasteiger charge is 2.52. The van der Waals surface area contributed by atoms with Crippen molar-refractivity contribution in [2.24, 2.45) is 17.6 Å². The number of nitrogens with zero attached hydrogens (tertiary/aromatic N) is 2. The van der Waals surface area contributed by atoms with Crippen LogP contribution in [0.2, 0.25) is 0 Å². The fourth-order valence-electron chi connectivity index (χ4n) is 6.70. The molecule has 10 heteroatoms. The molecule has 3 atom stereocenters. The van der Waals surface area contributed by atoms with E-state index < -0.39 is 28.0 Å². The van der Waals surface area contributed by atoms with Crippen LogP contribution in [0.15, 0.2) is 71.8 Å². The molecule has 3 unspecified atom stereocenters. The number of benzene rings is 3. The van der Waals surface area contributed by atoms with Gasteiger partial charge in [-0.05, 0) is 117 Å². The van der Waals surface area contributed by atoms with Crippen molar-refractivity contribution in [3.8, 4) is 11.5 Å². The number of urea groups is 1. The maximum Gasteiger partial charge on any atom is 0.341 e. The van der Waals surface area contributed by atoms with Crippen molar-refractivity contribution in [1.82, 2.24) is 14.2 Å². The summed E-state index contributed by atoms with van der Waals surface area (Å²) in [5.41, 5.74) is 10.4. The second-order valence-electron chi connectivity index (χ2n) is 12.5. The van der Waals surface area contributed by atoms with Crippen LogP contribution in [-0.2, 0) is 21.2 Å². The van der Waals surface area contributed by atoms with Crippen LogP contribution in [0.4, 0.5) is 4.79 Å². The molecule has 1 saturated carbocycles. The van der Waals surface area contributed by atoms with Gasteiger partial charge >= 0.3 is 6.03 Å². The van der Waals surface area contributed by atoms with E-state index in [1.165, 1.54) is 12.1 Å². The Kier molecular flexibility index (Phi) is 8.45. The van der Waals surface area contributed by atoms with E-state index in [0.717, 1.165) is 62.5 Å². The molecule has 0 radical (unpaired) electrons. The maximum absolute atomic E-state index is 14.3. The van der Waals surface area contributed by atoms with Gasteiger partial charge < -0.3 is 15.5 Å². The number of aryl methyl sites for hydroxylation is 3. The van der Waals surface area contributed by atoms with Crippen molar-refractivity contribution >= 4 is 32.9 Å². The summed E-state index contributed by atoms with van der Waals surface area (Å²) in [6.07, 6.45) is 5.53. The lowest BCUT2D eigenvalue weighted by Gasteiger charge is -2.30. The van der Waals surface area contributed by atoms with E-state index in [1.807, 2.05) is 56.3 Å². The fraction of sp³-hybridized carbons (Fsp3) is 0.371. The number of aromatic nitrogens is 1. The van der Waals surface area contributed by atoms with Crippen LogP contribution in [0.25, 0.3) is 10.9 Å². The van der Waals surface area contributed by atoms with Gasteiger partial charge in [-0.2, -0.15) is 0 Å². The number of fused-ring (bicyclic) bond motifs is 1. The third-order valence-corrected chi connectivity index (χ3v) is 11.2. The number of hydrogen-bond donors (Lipinski definition) is 2. The molecule has 1 aromatic heterocycles. The van der Waals surface area contributed by atoms with Crippen LogP contribution in [0.5, 0.6) is 11.5 Å². The molecule has 1 saturated heterocycles. The lowest BCUT2D eigenvalue weighted by Crippen LogP contribution is -2.42. The summed E-state index contributed by atoms with van der Waals surface area (Å²) in [7, 11) is -4.40. The summed E-state index contributed by atoms with van der Waals surface area (Å²) < 4.78 is 35.5. The van der Waals surface area contributed by atoms with Crippen molar-refractivity contribution in [1.29, 1.82) is 0 Å². The summed E-state index contributed by atoms with van der Waals surface area (Å²) >= 11 is 0. The SMILES string of the molecule is Cc1ccc(Oc2ccc(S(=O)(=O)N3C(=O)N(CC4CCCC(CN)C4)C(=O)C3Cc3c[nH]c4ccccc34)cc2C)cc1C. The van der Waals surface area contributed by atoms with Gasteiger partial charge in [0.15, 0.2) is 0 Å². The van der Waals surface area contributed by atoms with Crippen LogP contribution in [-0.4, -0.2) is 53.7 Å². The minimum Gasteiger partial charge on any atom is -0.457 e.